The normalized spacial score (nSPS) is 17.3. The standard InChI is InChI=1S/C24H26F2N4O3/c1-14-4-7-16(8-5-14)18-11-19(22(25)26)30-23(29-18)17(13-28-30)24(31)27-12-15-6-9-20(32-2)21(10-15)33-3/h4-10,13,18-19,22,29H,11-12H2,1-3H3,(H,27,31). The van der Waals surface area contributed by atoms with Gasteiger partial charge in [-0.05, 0) is 36.6 Å². The molecule has 0 saturated heterocycles. The van der Waals surface area contributed by atoms with Crippen LogP contribution in [0.3, 0.4) is 0 Å². The number of benzene rings is 2. The molecule has 0 fully saturated rings. The maximum Gasteiger partial charge on any atom is 0.260 e. The number of amides is 1. The number of nitrogens with one attached hydrogen (secondary N) is 2. The highest BCUT2D eigenvalue weighted by Gasteiger charge is 2.36. The van der Waals surface area contributed by atoms with Gasteiger partial charge in [0.05, 0.1) is 26.5 Å². The number of anilines is 1. The Morgan fingerprint density at radius 3 is 2.58 bits per heavy atom. The van der Waals surface area contributed by atoms with Gasteiger partial charge in [0.15, 0.2) is 11.5 Å². The summed E-state index contributed by atoms with van der Waals surface area (Å²) in [6.07, 6.45) is -1.11. The molecule has 0 spiro atoms. The van der Waals surface area contributed by atoms with Crippen LogP contribution in [0.2, 0.25) is 0 Å². The predicted octanol–water partition coefficient (Wildman–Crippen LogP) is 4.50. The third kappa shape index (κ3) is 4.62. The lowest BCUT2D eigenvalue weighted by Gasteiger charge is -2.32. The summed E-state index contributed by atoms with van der Waals surface area (Å²) in [7, 11) is 3.08. The average molecular weight is 456 g/mol. The van der Waals surface area contributed by atoms with E-state index in [-0.39, 0.29) is 24.6 Å². The Balaban J connectivity index is 1.55. The number of hydrogen-bond donors (Lipinski definition) is 2. The minimum atomic E-state index is -2.61. The van der Waals surface area contributed by atoms with Gasteiger partial charge < -0.3 is 20.1 Å². The van der Waals surface area contributed by atoms with E-state index in [0.29, 0.717) is 17.3 Å². The molecule has 9 heteroatoms. The molecular weight excluding hydrogens is 430 g/mol. The number of ether oxygens (including phenoxy) is 2. The average Bonchev–Trinajstić information content (AvgIpc) is 3.26. The maximum absolute atomic E-state index is 13.9. The van der Waals surface area contributed by atoms with Crippen LogP contribution in [-0.2, 0) is 6.54 Å². The van der Waals surface area contributed by atoms with E-state index < -0.39 is 18.4 Å². The van der Waals surface area contributed by atoms with E-state index >= 15 is 0 Å². The van der Waals surface area contributed by atoms with Crippen LogP contribution in [0.1, 0.15) is 45.6 Å². The lowest BCUT2D eigenvalue weighted by atomic mass is 9.96. The highest BCUT2D eigenvalue weighted by Crippen LogP contribution is 2.39. The van der Waals surface area contributed by atoms with Gasteiger partial charge in [0.2, 0.25) is 0 Å². The monoisotopic (exact) mass is 456 g/mol. The van der Waals surface area contributed by atoms with Gasteiger partial charge in [0, 0.05) is 6.54 Å². The van der Waals surface area contributed by atoms with Crippen LogP contribution in [0.15, 0.2) is 48.7 Å². The minimum Gasteiger partial charge on any atom is -0.493 e. The molecule has 0 saturated carbocycles. The first kappa shape index (κ1) is 22.6. The number of fused-ring (bicyclic) bond motifs is 1. The van der Waals surface area contributed by atoms with Crippen molar-refractivity contribution in [1.29, 1.82) is 0 Å². The first-order chi connectivity index (χ1) is 15.9. The molecule has 2 heterocycles. The van der Waals surface area contributed by atoms with Gasteiger partial charge in [0.1, 0.15) is 17.4 Å². The zero-order valence-corrected chi connectivity index (χ0v) is 18.6. The molecule has 2 N–H and O–H groups in total. The second kappa shape index (κ2) is 9.48. The van der Waals surface area contributed by atoms with E-state index in [0.717, 1.165) is 16.7 Å². The van der Waals surface area contributed by atoms with Crippen molar-refractivity contribution in [2.45, 2.75) is 38.4 Å². The number of hydrogen-bond acceptors (Lipinski definition) is 5. The molecular formula is C24H26F2N4O3. The molecule has 0 bridgehead atoms. The molecule has 174 valence electrons. The number of carbonyl (C=O) groups is 1. The van der Waals surface area contributed by atoms with Crippen molar-refractivity contribution in [3.05, 3.63) is 70.9 Å². The third-order valence-corrected chi connectivity index (χ3v) is 5.81. The lowest BCUT2D eigenvalue weighted by molar-refractivity contribution is 0.0656. The molecule has 4 rings (SSSR count). The molecule has 7 nitrogen and oxygen atoms in total. The Morgan fingerprint density at radius 1 is 1.18 bits per heavy atom. The van der Waals surface area contributed by atoms with E-state index in [1.807, 2.05) is 37.3 Å². The fourth-order valence-corrected chi connectivity index (χ4v) is 3.98. The van der Waals surface area contributed by atoms with E-state index in [2.05, 4.69) is 15.7 Å². The summed E-state index contributed by atoms with van der Waals surface area (Å²) in [5, 5.41) is 10.2. The molecule has 2 atom stereocenters. The number of rotatable bonds is 7. The molecule has 1 aliphatic rings. The molecule has 1 aliphatic heterocycles. The van der Waals surface area contributed by atoms with Gasteiger partial charge >= 0.3 is 0 Å². The summed E-state index contributed by atoms with van der Waals surface area (Å²) in [5.74, 6) is 1.02. The number of methoxy groups -OCH3 is 2. The van der Waals surface area contributed by atoms with Gasteiger partial charge in [-0.3, -0.25) is 4.79 Å². The van der Waals surface area contributed by atoms with Crippen LogP contribution in [0.25, 0.3) is 0 Å². The Hall–Kier alpha value is -3.62. The van der Waals surface area contributed by atoms with Crippen LogP contribution in [0.4, 0.5) is 14.6 Å². The van der Waals surface area contributed by atoms with Gasteiger partial charge in [-0.2, -0.15) is 5.10 Å². The Bertz CT molecular complexity index is 1130. The van der Waals surface area contributed by atoms with E-state index in [9.17, 15) is 13.6 Å². The third-order valence-electron chi connectivity index (χ3n) is 5.81. The van der Waals surface area contributed by atoms with Crippen molar-refractivity contribution in [2.75, 3.05) is 19.5 Å². The fraction of sp³-hybridized carbons (Fsp3) is 0.333. The first-order valence-electron chi connectivity index (χ1n) is 10.6. The van der Waals surface area contributed by atoms with Crippen LogP contribution >= 0.6 is 0 Å². The van der Waals surface area contributed by atoms with Crippen LogP contribution < -0.4 is 20.1 Å². The number of halogens is 2. The topological polar surface area (TPSA) is 77.4 Å². The highest BCUT2D eigenvalue weighted by molar-refractivity contribution is 5.98. The van der Waals surface area contributed by atoms with Gasteiger partial charge in [-0.15, -0.1) is 0 Å². The minimum absolute atomic E-state index is 0.169. The molecule has 0 radical (unpaired) electrons. The van der Waals surface area contributed by atoms with E-state index in [4.69, 9.17) is 9.47 Å². The summed E-state index contributed by atoms with van der Waals surface area (Å²) < 4.78 is 39.5. The summed E-state index contributed by atoms with van der Waals surface area (Å²) in [5.41, 5.74) is 2.99. The maximum atomic E-state index is 13.9. The quantitative estimate of drug-likeness (QED) is 0.547. The Kier molecular flexibility index (Phi) is 6.48. The second-order valence-corrected chi connectivity index (χ2v) is 7.97. The Labute approximate surface area is 190 Å². The fourth-order valence-electron chi connectivity index (χ4n) is 3.98. The molecule has 1 amide bonds. The molecule has 0 aliphatic carbocycles. The zero-order chi connectivity index (χ0) is 23.5. The molecule has 3 aromatic rings. The highest BCUT2D eigenvalue weighted by atomic mass is 19.3. The van der Waals surface area contributed by atoms with Crippen molar-refractivity contribution in [1.82, 2.24) is 15.1 Å². The number of carbonyl (C=O) groups excluding carboxylic acids is 1. The summed E-state index contributed by atoms with van der Waals surface area (Å²) in [6.45, 7) is 2.19. The van der Waals surface area contributed by atoms with Crippen molar-refractivity contribution in [3.8, 4) is 11.5 Å². The van der Waals surface area contributed by atoms with Crippen molar-refractivity contribution < 1.29 is 23.0 Å². The SMILES string of the molecule is COc1ccc(CNC(=O)c2cnn3c2NC(c2ccc(C)cc2)CC3C(F)F)cc1OC. The Morgan fingerprint density at radius 2 is 1.91 bits per heavy atom. The van der Waals surface area contributed by atoms with Gasteiger partial charge in [-0.1, -0.05) is 35.9 Å². The van der Waals surface area contributed by atoms with Crippen molar-refractivity contribution in [2.24, 2.45) is 0 Å². The smallest absolute Gasteiger partial charge is 0.260 e. The van der Waals surface area contributed by atoms with Gasteiger partial charge in [0.25, 0.3) is 12.3 Å². The summed E-state index contributed by atoms with van der Waals surface area (Å²) in [4.78, 5) is 12.9. The van der Waals surface area contributed by atoms with Gasteiger partial charge in [-0.25, -0.2) is 13.5 Å². The molecule has 2 unspecified atom stereocenters. The van der Waals surface area contributed by atoms with E-state index in [1.54, 1.807) is 19.2 Å². The number of alkyl halides is 2. The van der Waals surface area contributed by atoms with Crippen LogP contribution in [0.5, 0.6) is 11.5 Å². The van der Waals surface area contributed by atoms with E-state index in [1.165, 1.54) is 18.0 Å². The second-order valence-electron chi connectivity index (χ2n) is 7.97. The molecule has 1 aromatic heterocycles. The summed E-state index contributed by atoms with van der Waals surface area (Å²) in [6, 6.07) is 11.6. The first-order valence-corrected chi connectivity index (χ1v) is 10.6. The molecule has 2 aromatic carbocycles. The van der Waals surface area contributed by atoms with Crippen molar-refractivity contribution >= 4 is 11.7 Å². The zero-order valence-electron chi connectivity index (χ0n) is 18.6. The number of nitrogens with zero attached hydrogens (tertiary/aromatic N) is 2. The van der Waals surface area contributed by atoms with Crippen LogP contribution in [-0.4, -0.2) is 36.3 Å². The largest absolute Gasteiger partial charge is 0.493 e. The summed E-state index contributed by atoms with van der Waals surface area (Å²) >= 11 is 0. The number of aryl methyl sites for hydroxylation is 1. The van der Waals surface area contributed by atoms with Crippen molar-refractivity contribution in [3.63, 3.8) is 0 Å². The predicted molar refractivity (Wildman–Crippen MR) is 120 cm³/mol. The number of aromatic nitrogens is 2. The van der Waals surface area contributed by atoms with Crippen LogP contribution in [0, 0.1) is 6.92 Å². The lowest BCUT2D eigenvalue weighted by Crippen LogP contribution is -2.32. The molecule has 33 heavy (non-hydrogen) atoms.